The van der Waals surface area contributed by atoms with Gasteiger partial charge in [0.25, 0.3) is 0 Å². The highest BCUT2D eigenvalue weighted by Crippen LogP contribution is 2.33. The van der Waals surface area contributed by atoms with Crippen LogP contribution in [-0.4, -0.2) is 23.3 Å². The van der Waals surface area contributed by atoms with E-state index in [-0.39, 0.29) is 6.10 Å². The molecule has 0 unspecified atom stereocenters. The van der Waals surface area contributed by atoms with Crippen LogP contribution >= 0.6 is 0 Å². The summed E-state index contributed by atoms with van der Waals surface area (Å²) in [6.45, 7) is 4.77. The monoisotopic (exact) mass is 285 g/mol. The first-order valence-corrected chi connectivity index (χ1v) is 7.70. The Morgan fingerprint density at radius 3 is 2.95 bits per heavy atom. The van der Waals surface area contributed by atoms with Gasteiger partial charge in [-0.05, 0) is 25.3 Å². The van der Waals surface area contributed by atoms with E-state index >= 15 is 0 Å². The third-order valence-electron chi connectivity index (χ3n) is 4.23. The Kier molecular flexibility index (Phi) is 4.68. The van der Waals surface area contributed by atoms with Crippen molar-refractivity contribution >= 4 is 0 Å². The maximum Gasteiger partial charge on any atom is 0.0865 e. The number of ether oxygens (including phenoxy) is 1. The number of nitrogens with one attached hydrogen (secondary N) is 2. The van der Waals surface area contributed by atoms with Gasteiger partial charge in [0.2, 0.25) is 0 Å². The third kappa shape index (κ3) is 3.52. The smallest absolute Gasteiger partial charge is 0.0865 e. The van der Waals surface area contributed by atoms with E-state index < -0.39 is 0 Å². The van der Waals surface area contributed by atoms with Crippen molar-refractivity contribution in [2.45, 2.75) is 32.4 Å². The number of aromatic amines is 1. The van der Waals surface area contributed by atoms with Crippen LogP contribution in [0.1, 0.15) is 35.8 Å². The minimum Gasteiger partial charge on any atom is -0.373 e. The molecule has 112 valence electrons. The van der Waals surface area contributed by atoms with Crippen LogP contribution in [0.5, 0.6) is 0 Å². The molecule has 2 aromatic rings. The molecule has 3 rings (SSSR count). The maximum absolute atomic E-state index is 6.03. The Morgan fingerprint density at radius 2 is 2.19 bits per heavy atom. The molecule has 1 fully saturated rings. The highest BCUT2D eigenvalue weighted by molar-refractivity contribution is 5.19. The molecular formula is C17H23N3O. The Labute approximate surface area is 125 Å². The first-order valence-electron chi connectivity index (χ1n) is 7.70. The van der Waals surface area contributed by atoms with Crippen LogP contribution in [0.2, 0.25) is 0 Å². The van der Waals surface area contributed by atoms with Crippen LogP contribution in [0.25, 0.3) is 0 Å². The SMILES string of the molecule is Cc1[nH]ncc1CNC[C@@H]1CCCO[C@@H]1c1ccccc1. The van der Waals surface area contributed by atoms with E-state index in [1.54, 1.807) is 0 Å². The average molecular weight is 285 g/mol. The molecule has 0 radical (unpaired) electrons. The maximum atomic E-state index is 6.03. The van der Waals surface area contributed by atoms with Crippen LogP contribution < -0.4 is 5.32 Å². The van der Waals surface area contributed by atoms with Gasteiger partial charge in [-0.25, -0.2) is 0 Å². The lowest BCUT2D eigenvalue weighted by atomic mass is 9.89. The van der Waals surface area contributed by atoms with E-state index in [1.165, 1.54) is 17.5 Å². The second-order valence-electron chi connectivity index (χ2n) is 5.76. The molecule has 0 bridgehead atoms. The van der Waals surface area contributed by atoms with E-state index in [1.807, 2.05) is 6.20 Å². The molecule has 0 saturated carbocycles. The average Bonchev–Trinajstić information content (AvgIpc) is 2.94. The van der Waals surface area contributed by atoms with Crippen molar-refractivity contribution in [3.05, 3.63) is 53.3 Å². The Balaban J connectivity index is 1.59. The van der Waals surface area contributed by atoms with Gasteiger partial charge >= 0.3 is 0 Å². The van der Waals surface area contributed by atoms with Crippen molar-refractivity contribution in [1.29, 1.82) is 0 Å². The van der Waals surface area contributed by atoms with Gasteiger partial charge in [-0.3, -0.25) is 5.10 Å². The van der Waals surface area contributed by atoms with Gasteiger partial charge < -0.3 is 10.1 Å². The summed E-state index contributed by atoms with van der Waals surface area (Å²) in [6.07, 6.45) is 4.49. The number of benzene rings is 1. The van der Waals surface area contributed by atoms with Crippen molar-refractivity contribution in [2.24, 2.45) is 5.92 Å². The van der Waals surface area contributed by atoms with E-state index in [0.29, 0.717) is 5.92 Å². The van der Waals surface area contributed by atoms with Gasteiger partial charge in [0.15, 0.2) is 0 Å². The molecule has 1 aromatic heterocycles. The fourth-order valence-corrected chi connectivity index (χ4v) is 3.01. The molecule has 1 saturated heterocycles. The zero-order valence-corrected chi connectivity index (χ0v) is 12.5. The first kappa shape index (κ1) is 14.3. The van der Waals surface area contributed by atoms with Gasteiger partial charge in [-0.2, -0.15) is 5.10 Å². The predicted octanol–water partition coefficient (Wildman–Crippen LogP) is 2.98. The van der Waals surface area contributed by atoms with Crippen molar-refractivity contribution in [3.8, 4) is 0 Å². The van der Waals surface area contributed by atoms with Crippen molar-refractivity contribution in [2.75, 3.05) is 13.2 Å². The topological polar surface area (TPSA) is 49.9 Å². The van der Waals surface area contributed by atoms with Crippen LogP contribution in [0, 0.1) is 12.8 Å². The lowest BCUT2D eigenvalue weighted by Crippen LogP contribution is -2.31. The normalized spacial score (nSPS) is 22.3. The summed E-state index contributed by atoms with van der Waals surface area (Å²) >= 11 is 0. The summed E-state index contributed by atoms with van der Waals surface area (Å²) in [5.74, 6) is 0.536. The number of H-pyrrole nitrogens is 1. The molecule has 1 aliphatic rings. The molecule has 1 aliphatic heterocycles. The van der Waals surface area contributed by atoms with Crippen molar-refractivity contribution in [1.82, 2.24) is 15.5 Å². The van der Waals surface area contributed by atoms with E-state index in [9.17, 15) is 0 Å². The number of hydrogen-bond acceptors (Lipinski definition) is 3. The Bertz CT molecular complexity index is 552. The van der Waals surface area contributed by atoms with E-state index in [4.69, 9.17) is 4.74 Å². The second kappa shape index (κ2) is 6.87. The Morgan fingerprint density at radius 1 is 1.33 bits per heavy atom. The zero-order chi connectivity index (χ0) is 14.5. The predicted molar refractivity (Wildman–Crippen MR) is 82.9 cm³/mol. The van der Waals surface area contributed by atoms with Crippen LogP contribution in [0.3, 0.4) is 0 Å². The largest absolute Gasteiger partial charge is 0.373 e. The third-order valence-corrected chi connectivity index (χ3v) is 4.23. The van der Waals surface area contributed by atoms with Crippen molar-refractivity contribution < 1.29 is 4.74 Å². The molecule has 2 heterocycles. The zero-order valence-electron chi connectivity index (χ0n) is 12.5. The fraction of sp³-hybridized carbons (Fsp3) is 0.471. The minimum atomic E-state index is 0.220. The number of aromatic nitrogens is 2. The van der Waals surface area contributed by atoms with E-state index in [0.717, 1.165) is 31.8 Å². The summed E-state index contributed by atoms with van der Waals surface area (Å²) in [7, 11) is 0. The standard InChI is InChI=1S/C17H23N3O/c1-13-16(12-19-20-13)11-18-10-15-8-5-9-21-17(15)14-6-3-2-4-7-14/h2-4,6-7,12,15,17-18H,5,8-11H2,1H3,(H,19,20)/t15-,17+/m0/s1. The molecule has 4 nitrogen and oxygen atoms in total. The summed E-state index contributed by atoms with van der Waals surface area (Å²) in [4.78, 5) is 0. The first-order chi connectivity index (χ1) is 10.3. The summed E-state index contributed by atoms with van der Waals surface area (Å²) in [6, 6.07) is 10.6. The van der Waals surface area contributed by atoms with Gasteiger partial charge in [-0.1, -0.05) is 30.3 Å². The number of rotatable bonds is 5. The number of nitrogens with zero attached hydrogens (tertiary/aromatic N) is 1. The van der Waals surface area contributed by atoms with Crippen LogP contribution in [0.15, 0.2) is 36.5 Å². The quantitative estimate of drug-likeness (QED) is 0.888. The van der Waals surface area contributed by atoms with Crippen LogP contribution in [-0.2, 0) is 11.3 Å². The molecule has 2 atom stereocenters. The molecule has 2 N–H and O–H groups in total. The summed E-state index contributed by atoms with van der Waals surface area (Å²) in [5, 5.41) is 10.6. The molecule has 4 heteroatoms. The molecule has 1 aromatic carbocycles. The number of hydrogen-bond donors (Lipinski definition) is 2. The van der Waals surface area contributed by atoms with Gasteiger partial charge in [-0.15, -0.1) is 0 Å². The van der Waals surface area contributed by atoms with Gasteiger partial charge in [0.1, 0.15) is 0 Å². The van der Waals surface area contributed by atoms with Crippen molar-refractivity contribution in [3.63, 3.8) is 0 Å². The molecule has 21 heavy (non-hydrogen) atoms. The summed E-state index contributed by atoms with van der Waals surface area (Å²) in [5.41, 5.74) is 3.67. The lowest BCUT2D eigenvalue weighted by Gasteiger charge is -2.32. The molecule has 0 spiro atoms. The Hall–Kier alpha value is -1.65. The van der Waals surface area contributed by atoms with Gasteiger partial charge in [0.05, 0.1) is 12.3 Å². The highest BCUT2D eigenvalue weighted by Gasteiger charge is 2.26. The lowest BCUT2D eigenvalue weighted by molar-refractivity contribution is -0.0278. The van der Waals surface area contributed by atoms with Gasteiger partial charge in [0, 0.05) is 36.9 Å². The molecular weight excluding hydrogens is 262 g/mol. The second-order valence-corrected chi connectivity index (χ2v) is 5.76. The molecule has 0 amide bonds. The highest BCUT2D eigenvalue weighted by atomic mass is 16.5. The minimum absolute atomic E-state index is 0.220. The number of aryl methyl sites for hydroxylation is 1. The molecule has 0 aliphatic carbocycles. The van der Waals surface area contributed by atoms with Crippen LogP contribution in [0.4, 0.5) is 0 Å². The fourth-order valence-electron chi connectivity index (χ4n) is 3.01. The summed E-state index contributed by atoms with van der Waals surface area (Å²) < 4.78 is 6.03. The van der Waals surface area contributed by atoms with E-state index in [2.05, 4.69) is 52.8 Å².